The van der Waals surface area contributed by atoms with Crippen molar-refractivity contribution >= 4 is 16.8 Å². The van der Waals surface area contributed by atoms with Gasteiger partial charge in [-0.15, -0.1) is 0 Å². The average Bonchev–Trinajstić information content (AvgIpc) is 2.87. The van der Waals surface area contributed by atoms with Crippen LogP contribution in [0.5, 0.6) is 0 Å². The molecule has 2 heterocycles. The van der Waals surface area contributed by atoms with Gasteiger partial charge in [0.25, 0.3) is 5.91 Å². The maximum absolute atomic E-state index is 12.9. The van der Waals surface area contributed by atoms with Crippen LogP contribution in [0.1, 0.15) is 29.4 Å². The average molecular weight is 283 g/mol. The predicted molar refractivity (Wildman–Crippen MR) is 84.1 cm³/mol. The molecule has 1 aromatic carbocycles. The number of aromatic nitrogens is 1. The van der Waals surface area contributed by atoms with E-state index in [0.29, 0.717) is 18.0 Å². The van der Waals surface area contributed by atoms with Crippen molar-refractivity contribution in [3.63, 3.8) is 0 Å². The highest BCUT2D eigenvalue weighted by Crippen LogP contribution is 2.26. The summed E-state index contributed by atoms with van der Waals surface area (Å²) < 4.78 is 0. The Balaban J connectivity index is 2.00. The number of hydrogen-bond donors (Lipinski definition) is 1. The quantitative estimate of drug-likeness (QED) is 0.920. The van der Waals surface area contributed by atoms with Gasteiger partial charge in [0.1, 0.15) is 0 Å². The number of pyridine rings is 1. The first kappa shape index (κ1) is 14.0. The van der Waals surface area contributed by atoms with Gasteiger partial charge in [0, 0.05) is 23.7 Å². The third-order valence-electron chi connectivity index (χ3n) is 4.35. The summed E-state index contributed by atoms with van der Waals surface area (Å²) in [5, 5.41) is 1.01. The summed E-state index contributed by atoms with van der Waals surface area (Å²) >= 11 is 0. The van der Waals surface area contributed by atoms with Crippen LogP contribution in [-0.2, 0) is 0 Å². The number of hydrogen-bond acceptors (Lipinski definition) is 3. The Morgan fingerprint density at radius 1 is 1.38 bits per heavy atom. The number of nitrogens with zero attached hydrogens (tertiary/aromatic N) is 2. The van der Waals surface area contributed by atoms with Crippen molar-refractivity contribution in [1.29, 1.82) is 0 Å². The van der Waals surface area contributed by atoms with Crippen molar-refractivity contribution in [2.45, 2.75) is 26.3 Å². The van der Waals surface area contributed by atoms with Crippen LogP contribution in [0.15, 0.2) is 30.3 Å². The second-order valence-electron chi connectivity index (χ2n) is 5.97. The summed E-state index contributed by atoms with van der Waals surface area (Å²) in [6.45, 7) is 5.43. The molecule has 21 heavy (non-hydrogen) atoms. The maximum atomic E-state index is 12.9. The van der Waals surface area contributed by atoms with Crippen LogP contribution in [0.4, 0.5) is 0 Å². The summed E-state index contributed by atoms with van der Waals surface area (Å²) in [7, 11) is 0. The zero-order chi connectivity index (χ0) is 15.0. The molecular weight excluding hydrogens is 262 g/mol. The Hall–Kier alpha value is -1.94. The van der Waals surface area contributed by atoms with Gasteiger partial charge in [-0.05, 0) is 44.9 Å². The zero-order valence-corrected chi connectivity index (χ0v) is 12.5. The second-order valence-corrected chi connectivity index (χ2v) is 5.97. The lowest BCUT2D eigenvalue weighted by Gasteiger charge is -2.22. The monoisotopic (exact) mass is 283 g/mol. The van der Waals surface area contributed by atoms with Crippen LogP contribution in [0.25, 0.3) is 10.9 Å². The number of rotatable bonds is 2. The van der Waals surface area contributed by atoms with Crippen LogP contribution in [0.3, 0.4) is 0 Å². The molecule has 0 spiro atoms. The minimum absolute atomic E-state index is 0.0714. The number of carbonyl (C=O) groups excluding carboxylic acids is 1. The number of aryl methyl sites for hydroxylation is 1. The van der Waals surface area contributed by atoms with Gasteiger partial charge in [0.05, 0.1) is 11.1 Å². The highest BCUT2D eigenvalue weighted by Gasteiger charge is 2.32. The van der Waals surface area contributed by atoms with Gasteiger partial charge in [0.15, 0.2) is 0 Å². The predicted octanol–water partition coefficient (Wildman–Crippen LogP) is 2.35. The van der Waals surface area contributed by atoms with E-state index in [0.717, 1.165) is 29.6 Å². The first-order chi connectivity index (χ1) is 10.1. The number of carbonyl (C=O) groups is 1. The van der Waals surface area contributed by atoms with Crippen molar-refractivity contribution < 1.29 is 4.79 Å². The molecule has 1 aliphatic rings. The maximum Gasteiger partial charge on any atom is 0.256 e. The lowest BCUT2D eigenvalue weighted by atomic mass is 10.1. The molecule has 2 unspecified atom stereocenters. The number of likely N-dealkylation sites (tertiary alicyclic amines) is 1. The first-order valence-corrected chi connectivity index (χ1v) is 7.47. The van der Waals surface area contributed by atoms with Gasteiger partial charge in [-0.2, -0.15) is 0 Å². The highest BCUT2D eigenvalue weighted by molar-refractivity contribution is 6.05. The Labute approximate surface area is 125 Å². The van der Waals surface area contributed by atoms with Gasteiger partial charge in [0.2, 0.25) is 0 Å². The van der Waals surface area contributed by atoms with Crippen LogP contribution in [0.2, 0.25) is 0 Å². The van der Waals surface area contributed by atoms with E-state index in [1.54, 1.807) is 0 Å². The van der Waals surface area contributed by atoms with E-state index in [-0.39, 0.29) is 11.9 Å². The molecule has 0 radical (unpaired) electrons. The fourth-order valence-electron chi connectivity index (χ4n) is 3.17. The number of amides is 1. The smallest absolute Gasteiger partial charge is 0.256 e. The Morgan fingerprint density at radius 3 is 2.90 bits per heavy atom. The molecule has 1 fully saturated rings. The normalized spacial score (nSPS) is 22.0. The van der Waals surface area contributed by atoms with Crippen LogP contribution in [0, 0.1) is 12.8 Å². The molecule has 2 aromatic rings. The molecule has 3 rings (SSSR count). The van der Waals surface area contributed by atoms with Crippen molar-refractivity contribution in [3.8, 4) is 0 Å². The minimum Gasteiger partial charge on any atom is -0.336 e. The summed E-state index contributed by atoms with van der Waals surface area (Å²) in [6, 6.07) is 10.0. The van der Waals surface area contributed by atoms with Crippen molar-refractivity contribution in [2.24, 2.45) is 11.7 Å². The fourth-order valence-corrected chi connectivity index (χ4v) is 3.17. The Bertz CT molecular complexity index is 683. The van der Waals surface area contributed by atoms with E-state index in [9.17, 15) is 4.79 Å². The molecule has 4 heteroatoms. The Morgan fingerprint density at radius 2 is 2.19 bits per heavy atom. The summed E-state index contributed by atoms with van der Waals surface area (Å²) in [4.78, 5) is 19.4. The molecule has 110 valence electrons. The standard InChI is InChI=1S/C17H21N3O/c1-11-6-7-14-4-3-5-15(16(14)19-11)17(21)20-10-13(9-18)8-12(20)2/h3-7,12-13H,8-10,18H2,1-2H3. The summed E-state index contributed by atoms with van der Waals surface area (Å²) in [5.41, 5.74) is 8.18. The van der Waals surface area contributed by atoms with Crippen LogP contribution >= 0.6 is 0 Å². The zero-order valence-electron chi connectivity index (χ0n) is 12.5. The number of benzene rings is 1. The SMILES string of the molecule is Cc1ccc2cccc(C(=O)N3CC(CN)CC3C)c2n1. The number of nitrogens with two attached hydrogens (primary N) is 1. The van der Waals surface area contributed by atoms with Crippen LogP contribution in [-0.4, -0.2) is 34.9 Å². The van der Waals surface area contributed by atoms with Gasteiger partial charge >= 0.3 is 0 Å². The third kappa shape index (κ3) is 2.51. The minimum atomic E-state index is 0.0714. The van der Waals surface area contributed by atoms with E-state index < -0.39 is 0 Å². The molecule has 0 bridgehead atoms. The lowest BCUT2D eigenvalue weighted by molar-refractivity contribution is 0.0745. The molecule has 1 aliphatic heterocycles. The van der Waals surface area contributed by atoms with E-state index in [4.69, 9.17) is 5.73 Å². The van der Waals surface area contributed by atoms with Crippen molar-refractivity contribution in [1.82, 2.24) is 9.88 Å². The van der Waals surface area contributed by atoms with Crippen molar-refractivity contribution in [2.75, 3.05) is 13.1 Å². The molecule has 0 aliphatic carbocycles. The lowest BCUT2D eigenvalue weighted by Crippen LogP contribution is -2.34. The van der Waals surface area contributed by atoms with Gasteiger partial charge in [-0.25, -0.2) is 0 Å². The molecule has 1 aromatic heterocycles. The Kier molecular flexibility index (Phi) is 3.64. The summed E-state index contributed by atoms with van der Waals surface area (Å²) in [6.07, 6.45) is 0.986. The molecule has 1 saturated heterocycles. The topological polar surface area (TPSA) is 59.2 Å². The second kappa shape index (κ2) is 5.45. The number of fused-ring (bicyclic) bond motifs is 1. The molecule has 2 atom stereocenters. The first-order valence-electron chi connectivity index (χ1n) is 7.47. The molecule has 4 nitrogen and oxygen atoms in total. The van der Waals surface area contributed by atoms with E-state index in [1.807, 2.05) is 42.2 Å². The largest absolute Gasteiger partial charge is 0.336 e. The van der Waals surface area contributed by atoms with Crippen LogP contribution < -0.4 is 5.73 Å². The van der Waals surface area contributed by atoms with Gasteiger partial charge < -0.3 is 10.6 Å². The molecule has 2 N–H and O–H groups in total. The van der Waals surface area contributed by atoms with Gasteiger partial charge in [-0.1, -0.05) is 18.2 Å². The highest BCUT2D eigenvalue weighted by atomic mass is 16.2. The molecular formula is C17H21N3O. The van der Waals surface area contributed by atoms with E-state index in [2.05, 4.69) is 11.9 Å². The van der Waals surface area contributed by atoms with E-state index in [1.165, 1.54) is 0 Å². The number of para-hydroxylation sites is 1. The van der Waals surface area contributed by atoms with E-state index >= 15 is 0 Å². The van der Waals surface area contributed by atoms with Crippen molar-refractivity contribution in [3.05, 3.63) is 41.6 Å². The molecule has 1 amide bonds. The summed E-state index contributed by atoms with van der Waals surface area (Å²) in [5.74, 6) is 0.482. The molecule has 0 saturated carbocycles. The van der Waals surface area contributed by atoms with Gasteiger partial charge in [-0.3, -0.25) is 9.78 Å². The third-order valence-corrected chi connectivity index (χ3v) is 4.35. The fraction of sp³-hybridized carbons (Fsp3) is 0.412.